The average Bonchev–Trinajstić information content (AvgIpc) is 2.62. The number of thiophene rings is 1. The largest absolute Gasteiger partial charge is 0.351 e. The first-order chi connectivity index (χ1) is 7.13. The zero-order valence-corrected chi connectivity index (χ0v) is 11.2. The minimum absolute atomic E-state index is 0.00801. The van der Waals surface area contributed by atoms with Crippen molar-refractivity contribution in [2.24, 2.45) is 5.92 Å². The van der Waals surface area contributed by atoms with Crippen LogP contribution in [0.4, 0.5) is 0 Å². The molecule has 0 spiro atoms. The van der Waals surface area contributed by atoms with Gasteiger partial charge in [-0.1, -0.05) is 6.92 Å². The highest BCUT2D eigenvalue weighted by Gasteiger charge is 2.09. The van der Waals surface area contributed by atoms with Crippen molar-refractivity contribution in [3.8, 4) is 0 Å². The first-order valence-corrected chi connectivity index (χ1v) is 6.42. The van der Waals surface area contributed by atoms with E-state index in [0.29, 0.717) is 12.5 Å². The Kier molecular flexibility index (Phi) is 5.28. The van der Waals surface area contributed by atoms with Gasteiger partial charge in [-0.25, -0.2) is 0 Å². The summed E-state index contributed by atoms with van der Waals surface area (Å²) in [6, 6.07) is 3.71. The van der Waals surface area contributed by atoms with Crippen molar-refractivity contribution in [2.45, 2.75) is 6.92 Å². The molecule has 84 valence electrons. The molecule has 15 heavy (non-hydrogen) atoms. The van der Waals surface area contributed by atoms with Crippen molar-refractivity contribution in [3.63, 3.8) is 0 Å². The summed E-state index contributed by atoms with van der Waals surface area (Å²) in [5.74, 6) is 0.455. The molecule has 1 rings (SSSR count). The lowest BCUT2D eigenvalue weighted by Crippen LogP contribution is -2.31. The van der Waals surface area contributed by atoms with Gasteiger partial charge in [-0.05, 0) is 47.6 Å². The van der Waals surface area contributed by atoms with Gasteiger partial charge in [0.15, 0.2) is 0 Å². The van der Waals surface area contributed by atoms with Crippen LogP contribution in [0.25, 0.3) is 0 Å². The van der Waals surface area contributed by atoms with E-state index < -0.39 is 0 Å². The summed E-state index contributed by atoms with van der Waals surface area (Å²) in [7, 11) is 1.91. The fraction of sp³-hybridized carbons (Fsp3) is 0.500. The van der Waals surface area contributed by atoms with Gasteiger partial charge in [0.25, 0.3) is 5.91 Å². The molecule has 0 fully saturated rings. The zero-order chi connectivity index (χ0) is 11.3. The van der Waals surface area contributed by atoms with Gasteiger partial charge in [-0.2, -0.15) is 0 Å². The summed E-state index contributed by atoms with van der Waals surface area (Å²) in [4.78, 5) is 12.4. The molecule has 1 aromatic heterocycles. The molecule has 5 heteroatoms. The van der Waals surface area contributed by atoms with Crippen LogP contribution in [-0.2, 0) is 0 Å². The van der Waals surface area contributed by atoms with Gasteiger partial charge in [0.1, 0.15) is 0 Å². The molecular formula is C10H15BrN2OS. The van der Waals surface area contributed by atoms with E-state index in [1.807, 2.05) is 19.2 Å². The van der Waals surface area contributed by atoms with Crippen LogP contribution < -0.4 is 10.6 Å². The van der Waals surface area contributed by atoms with E-state index in [1.165, 1.54) is 11.3 Å². The van der Waals surface area contributed by atoms with Crippen molar-refractivity contribution in [1.29, 1.82) is 0 Å². The Morgan fingerprint density at radius 2 is 2.27 bits per heavy atom. The van der Waals surface area contributed by atoms with Crippen molar-refractivity contribution < 1.29 is 4.79 Å². The zero-order valence-electron chi connectivity index (χ0n) is 8.84. The van der Waals surface area contributed by atoms with E-state index in [1.54, 1.807) is 0 Å². The average molecular weight is 291 g/mol. The molecule has 2 N–H and O–H groups in total. The van der Waals surface area contributed by atoms with Crippen LogP contribution in [0, 0.1) is 5.92 Å². The molecule has 1 atom stereocenters. The van der Waals surface area contributed by atoms with Gasteiger partial charge in [0, 0.05) is 6.54 Å². The summed E-state index contributed by atoms with van der Waals surface area (Å²) in [6.45, 7) is 3.71. The Labute approximate surface area is 102 Å². The number of amides is 1. The number of rotatable bonds is 5. The van der Waals surface area contributed by atoms with E-state index in [-0.39, 0.29) is 5.91 Å². The van der Waals surface area contributed by atoms with E-state index >= 15 is 0 Å². The van der Waals surface area contributed by atoms with Crippen molar-refractivity contribution in [2.75, 3.05) is 20.1 Å². The van der Waals surface area contributed by atoms with Crippen LogP contribution in [0.1, 0.15) is 16.6 Å². The van der Waals surface area contributed by atoms with Gasteiger partial charge in [-0.15, -0.1) is 11.3 Å². The standard InChI is InChI=1S/C10H15BrN2OS/c1-7(5-12-2)6-13-10(14)8-3-4-9(11)15-8/h3-4,7,12H,5-6H2,1-2H3,(H,13,14). The number of nitrogens with one attached hydrogen (secondary N) is 2. The Balaban J connectivity index is 2.36. The maximum absolute atomic E-state index is 11.6. The van der Waals surface area contributed by atoms with Gasteiger partial charge in [-0.3, -0.25) is 4.79 Å². The molecule has 0 aliphatic rings. The Morgan fingerprint density at radius 3 is 2.80 bits per heavy atom. The second-order valence-electron chi connectivity index (χ2n) is 3.48. The molecule has 0 saturated heterocycles. The van der Waals surface area contributed by atoms with Crippen LogP contribution in [-0.4, -0.2) is 26.0 Å². The molecule has 1 unspecified atom stereocenters. The summed E-state index contributed by atoms with van der Waals surface area (Å²) in [5.41, 5.74) is 0. The molecule has 1 amide bonds. The minimum atomic E-state index is 0.00801. The molecule has 0 aliphatic carbocycles. The van der Waals surface area contributed by atoms with E-state index in [4.69, 9.17) is 0 Å². The van der Waals surface area contributed by atoms with Gasteiger partial charge < -0.3 is 10.6 Å². The third-order valence-electron chi connectivity index (χ3n) is 1.96. The highest BCUT2D eigenvalue weighted by atomic mass is 79.9. The van der Waals surface area contributed by atoms with Crippen LogP contribution in [0.3, 0.4) is 0 Å². The predicted molar refractivity (Wildman–Crippen MR) is 67.4 cm³/mol. The van der Waals surface area contributed by atoms with E-state index in [0.717, 1.165) is 15.2 Å². The quantitative estimate of drug-likeness (QED) is 0.872. The van der Waals surface area contributed by atoms with Crippen LogP contribution in [0.15, 0.2) is 15.9 Å². The Morgan fingerprint density at radius 1 is 1.53 bits per heavy atom. The van der Waals surface area contributed by atoms with Gasteiger partial charge in [0.2, 0.25) is 0 Å². The maximum Gasteiger partial charge on any atom is 0.261 e. The lowest BCUT2D eigenvalue weighted by Gasteiger charge is -2.10. The lowest BCUT2D eigenvalue weighted by atomic mass is 10.2. The van der Waals surface area contributed by atoms with Crippen molar-refractivity contribution >= 4 is 33.2 Å². The Bertz CT molecular complexity index is 327. The first-order valence-electron chi connectivity index (χ1n) is 4.81. The molecule has 1 heterocycles. The van der Waals surface area contributed by atoms with E-state index in [2.05, 4.69) is 33.5 Å². The third-order valence-corrected chi connectivity index (χ3v) is 3.58. The molecule has 3 nitrogen and oxygen atoms in total. The first kappa shape index (κ1) is 12.7. The number of hydrogen-bond donors (Lipinski definition) is 2. The van der Waals surface area contributed by atoms with Crippen LogP contribution in [0.2, 0.25) is 0 Å². The second kappa shape index (κ2) is 6.25. The third kappa shape index (κ3) is 4.32. The SMILES string of the molecule is CNCC(C)CNC(=O)c1ccc(Br)s1. The monoisotopic (exact) mass is 290 g/mol. The highest BCUT2D eigenvalue weighted by Crippen LogP contribution is 2.21. The van der Waals surface area contributed by atoms with Gasteiger partial charge >= 0.3 is 0 Å². The number of carbonyl (C=O) groups excluding carboxylic acids is 1. The smallest absolute Gasteiger partial charge is 0.261 e. The molecule has 0 radical (unpaired) electrons. The molecule has 1 aromatic rings. The number of carbonyl (C=O) groups is 1. The fourth-order valence-electron chi connectivity index (χ4n) is 1.21. The second-order valence-corrected chi connectivity index (χ2v) is 5.94. The lowest BCUT2D eigenvalue weighted by molar-refractivity contribution is 0.0952. The number of halogens is 1. The molecule has 0 aliphatic heterocycles. The molecule has 0 saturated carbocycles. The summed E-state index contributed by atoms with van der Waals surface area (Å²) in [6.07, 6.45) is 0. The van der Waals surface area contributed by atoms with E-state index in [9.17, 15) is 4.79 Å². The molecular weight excluding hydrogens is 276 g/mol. The topological polar surface area (TPSA) is 41.1 Å². The van der Waals surface area contributed by atoms with Crippen molar-refractivity contribution in [1.82, 2.24) is 10.6 Å². The minimum Gasteiger partial charge on any atom is -0.351 e. The normalized spacial score (nSPS) is 12.5. The highest BCUT2D eigenvalue weighted by molar-refractivity contribution is 9.11. The van der Waals surface area contributed by atoms with Gasteiger partial charge in [0.05, 0.1) is 8.66 Å². The summed E-state index contributed by atoms with van der Waals surface area (Å²) in [5, 5.41) is 5.99. The Hall–Kier alpha value is -0.390. The summed E-state index contributed by atoms with van der Waals surface area (Å²) >= 11 is 4.78. The molecule has 0 aromatic carbocycles. The fourth-order valence-corrected chi connectivity index (χ4v) is 2.51. The molecule has 0 bridgehead atoms. The number of hydrogen-bond acceptors (Lipinski definition) is 3. The van der Waals surface area contributed by atoms with Crippen molar-refractivity contribution in [3.05, 3.63) is 20.8 Å². The van der Waals surface area contributed by atoms with Crippen LogP contribution >= 0.6 is 27.3 Å². The predicted octanol–water partition coefficient (Wildman–Crippen LogP) is 2.10. The summed E-state index contributed by atoms with van der Waals surface area (Å²) < 4.78 is 0.982. The van der Waals surface area contributed by atoms with Crippen LogP contribution in [0.5, 0.6) is 0 Å². The maximum atomic E-state index is 11.6.